The molecule has 0 saturated heterocycles. The molecule has 0 aromatic heterocycles. The van der Waals surface area contributed by atoms with Gasteiger partial charge in [0, 0.05) is 30.2 Å². The van der Waals surface area contributed by atoms with E-state index in [1.54, 1.807) is 7.11 Å². The smallest absolute Gasteiger partial charge is 0.123 e. The van der Waals surface area contributed by atoms with E-state index in [2.05, 4.69) is 50.5 Å². The molecule has 1 atom stereocenters. The number of hydrogen-bond donors (Lipinski definition) is 2. The molecule has 0 fully saturated rings. The zero-order valence-corrected chi connectivity index (χ0v) is 12.9. The highest BCUT2D eigenvalue weighted by molar-refractivity contribution is 5.35. The minimum atomic E-state index is 0.174. The van der Waals surface area contributed by atoms with E-state index < -0.39 is 0 Å². The Hall–Kier alpha value is -1.06. The van der Waals surface area contributed by atoms with Crippen LogP contribution in [-0.2, 0) is 0 Å². The largest absolute Gasteiger partial charge is 0.496 e. The molecular weight excluding hydrogens is 236 g/mol. The first kappa shape index (κ1) is 16.0. The van der Waals surface area contributed by atoms with Crippen molar-refractivity contribution in [2.24, 2.45) is 0 Å². The fourth-order valence-electron chi connectivity index (χ4n) is 2.11. The van der Waals surface area contributed by atoms with Gasteiger partial charge in [-0.05, 0) is 33.3 Å². The van der Waals surface area contributed by atoms with Gasteiger partial charge in [-0.25, -0.2) is 0 Å². The number of benzene rings is 1. The fraction of sp³-hybridized carbons (Fsp3) is 0.625. The van der Waals surface area contributed by atoms with Crippen LogP contribution < -0.4 is 15.4 Å². The van der Waals surface area contributed by atoms with Gasteiger partial charge in [0.2, 0.25) is 0 Å². The van der Waals surface area contributed by atoms with Crippen LogP contribution in [0.4, 0.5) is 0 Å². The summed E-state index contributed by atoms with van der Waals surface area (Å²) in [6, 6.07) is 8.58. The minimum absolute atomic E-state index is 0.174. The van der Waals surface area contributed by atoms with Gasteiger partial charge in [-0.15, -0.1) is 0 Å². The van der Waals surface area contributed by atoms with E-state index in [4.69, 9.17) is 4.74 Å². The minimum Gasteiger partial charge on any atom is -0.496 e. The second kappa shape index (κ2) is 7.51. The number of para-hydroxylation sites is 1. The Balaban J connectivity index is 2.54. The summed E-state index contributed by atoms with van der Waals surface area (Å²) in [5.41, 5.74) is 1.41. The third-order valence-electron chi connectivity index (χ3n) is 3.09. The number of rotatable bonds is 7. The van der Waals surface area contributed by atoms with Crippen molar-refractivity contribution in [2.45, 2.75) is 45.7 Å². The molecule has 0 saturated carbocycles. The molecule has 2 N–H and O–H groups in total. The Labute approximate surface area is 117 Å². The van der Waals surface area contributed by atoms with E-state index in [9.17, 15) is 0 Å². The highest BCUT2D eigenvalue weighted by atomic mass is 16.5. The average molecular weight is 264 g/mol. The van der Waals surface area contributed by atoms with Crippen molar-refractivity contribution in [1.82, 2.24) is 10.6 Å². The molecule has 0 aliphatic rings. The summed E-state index contributed by atoms with van der Waals surface area (Å²) in [7, 11) is 1.73. The SMILES string of the molecule is CCC(NCCNC(C)(C)C)c1ccccc1OC. The third kappa shape index (κ3) is 5.62. The van der Waals surface area contributed by atoms with Gasteiger partial charge in [0.05, 0.1) is 7.11 Å². The first-order valence-electron chi connectivity index (χ1n) is 7.09. The molecule has 0 heterocycles. The molecular formula is C16H28N2O. The van der Waals surface area contributed by atoms with Crippen molar-refractivity contribution in [3.63, 3.8) is 0 Å². The van der Waals surface area contributed by atoms with Crippen LogP contribution in [-0.4, -0.2) is 25.7 Å². The van der Waals surface area contributed by atoms with Crippen LogP contribution in [0.3, 0.4) is 0 Å². The van der Waals surface area contributed by atoms with Gasteiger partial charge in [-0.2, -0.15) is 0 Å². The van der Waals surface area contributed by atoms with Gasteiger partial charge in [0.25, 0.3) is 0 Å². The van der Waals surface area contributed by atoms with Crippen molar-refractivity contribution < 1.29 is 4.74 Å². The Morgan fingerprint density at radius 2 is 1.84 bits per heavy atom. The molecule has 0 aliphatic heterocycles. The van der Waals surface area contributed by atoms with Crippen LogP contribution in [0.25, 0.3) is 0 Å². The van der Waals surface area contributed by atoms with Crippen LogP contribution in [0.1, 0.15) is 45.7 Å². The molecule has 1 rings (SSSR count). The molecule has 0 radical (unpaired) electrons. The lowest BCUT2D eigenvalue weighted by Crippen LogP contribution is -2.40. The molecule has 1 aromatic rings. The van der Waals surface area contributed by atoms with Crippen LogP contribution >= 0.6 is 0 Å². The lowest BCUT2D eigenvalue weighted by atomic mass is 10.0. The monoisotopic (exact) mass is 264 g/mol. The average Bonchev–Trinajstić information content (AvgIpc) is 2.38. The molecule has 19 heavy (non-hydrogen) atoms. The van der Waals surface area contributed by atoms with Crippen molar-refractivity contribution in [3.8, 4) is 5.75 Å². The maximum absolute atomic E-state index is 5.43. The van der Waals surface area contributed by atoms with Crippen LogP contribution in [0.5, 0.6) is 5.75 Å². The standard InChI is InChI=1S/C16H28N2O/c1-6-14(17-11-12-18-16(2,3)4)13-9-7-8-10-15(13)19-5/h7-10,14,17-18H,6,11-12H2,1-5H3. The maximum atomic E-state index is 5.43. The summed E-state index contributed by atoms with van der Waals surface area (Å²) in [5, 5.41) is 7.08. The number of ether oxygens (including phenoxy) is 1. The molecule has 0 aliphatic carbocycles. The highest BCUT2D eigenvalue weighted by Gasteiger charge is 2.13. The Bertz CT molecular complexity index is 371. The number of hydrogen-bond acceptors (Lipinski definition) is 3. The summed E-state index contributed by atoms with van der Waals surface area (Å²) in [6.45, 7) is 10.7. The van der Waals surface area contributed by atoms with E-state index in [1.807, 2.05) is 12.1 Å². The summed E-state index contributed by atoms with van der Waals surface area (Å²) in [6.07, 6.45) is 1.05. The molecule has 108 valence electrons. The predicted molar refractivity (Wildman–Crippen MR) is 81.8 cm³/mol. The van der Waals surface area contributed by atoms with Crippen molar-refractivity contribution in [1.29, 1.82) is 0 Å². The second-order valence-corrected chi connectivity index (χ2v) is 5.83. The van der Waals surface area contributed by atoms with Crippen LogP contribution in [0.2, 0.25) is 0 Å². The van der Waals surface area contributed by atoms with E-state index in [0.29, 0.717) is 6.04 Å². The topological polar surface area (TPSA) is 33.3 Å². The normalized spacial score (nSPS) is 13.3. The van der Waals surface area contributed by atoms with Gasteiger partial charge in [-0.3, -0.25) is 0 Å². The zero-order valence-electron chi connectivity index (χ0n) is 12.9. The van der Waals surface area contributed by atoms with Gasteiger partial charge >= 0.3 is 0 Å². The summed E-state index contributed by atoms with van der Waals surface area (Å²) >= 11 is 0. The van der Waals surface area contributed by atoms with Crippen molar-refractivity contribution >= 4 is 0 Å². The molecule has 0 bridgehead atoms. The quantitative estimate of drug-likeness (QED) is 0.742. The Morgan fingerprint density at radius 3 is 2.42 bits per heavy atom. The second-order valence-electron chi connectivity index (χ2n) is 5.83. The zero-order chi connectivity index (χ0) is 14.3. The molecule has 1 aromatic carbocycles. The molecule has 3 nitrogen and oxygen atoms in total. The van der Waals surface area contributed by atoms with E-state index in [-0.39, 0.29) is 5.54 Å². The summed E-state index contributed by atoms with van der Waals surface area (Å²) in [5.74, 6) is 0.964. The van der Waals surface area contributed by atoms with E-state index in [1.165, 1.54) is 5.56 Å². The highest BCUT2D eigenvalue weighted by Crippen LogP contribution is 2.26. The van der Waals surface area contributed by atoms with E-state index >= 15 is 0 Å². The lowest BCUT2D eigenvalue weighted by Gasteiger charge is -2.23. The first-order chi connectivity index (χ1) is 8.98. The predicted octanol–water partition coefficient (Wildman–Crippen LogP) is 3.12. The van der Waals surface area contributed by atoms with Gasteiger partial charge in [0.15, 0.2) is 0 Å². The fourth-order valence-corrected chi connectivity index (χ4v) is 2.11. The van der Waals surface area contributed by atoms with Crippen LogP contribution in [0.15, 0.2) is 24.3 Å². The maximum Gasteiger partial charge on any atom is 0.123 e. The van der Waals surface area contributed by atoms with Gasteiger partial charge in [0.1, 0.15) is 5.75 Å². The molecule has 0 spiro atoms. The Morgan fingerprint density at radius 1 is 1.16 bits per heavy atom. The number of nitrogens with one attached hydrogen (secondary N) is 2. The first-order valence-corrected chi connectivity index (χ1v) is 7.09. The van der Waals surface area contributed by atoms with Crippen molar-refractivity contribution in [2.75, 3.05) is 20.2 Å². The van der Waals surface area contributed by atoms with Crippen molar-refractivity contribution in [3.05, 3.63) is 29.8 Å². The number of methoxy groups -OCH3 is 1. The molecule has 0 amide bonds. The third-order valence-corrected chi connectivity index (χ3v) is 3.09. The van der Waals surface area contributed by atoms with Crippen LogP contribution in [0, 0.1) is 0 Å². The molecule has 1 unspecified atom stereocenters. The van der Waals surface area contributed by atoms with Gasteiger partial charge in [-0.1, -0.05) is 25.1 Å². The summed E-state index contributed by atoms with van der Waals surface area (Å²) in [4.78, 5) is 0. The Kier molecular flexibility index (Phi) is 6.32. The molecule has 3 heteroatoms. The van der Waals surface area contributed by atoms with Gasteiger partial charge < -0.3 is 15.4 Å². The summed E-state index contributed by atoms with van der Waals surface area (Å²) < 4.78 is 5.43. The van der Waals surface area contributed by atoms with E-state index in [0.717, 1.165) is 25.3 Å². The lowest BCUT2D eigenvalue weighted by molar-refractivity contribution is 0.387.